The van der Waals surface area contributed by atoms with E-state index in [1.807, 2.05) is 79.9 Å². The van der Waals surface area contributed by atoms with Crippen LogP contribution < -0.4 is 10.6 Å². The maximum Gasteiger partial charge on any atom is 0.408 e. The molecule has 4 aromatic rings. The van der Waals surface area contributed by atoms with Gasteiger partial charge in [-0.2, -0.15) is 0 Å². The van der Waals surface area contributed by atoms with Crippen molar-refractivity contribution in [1.29, 1.82) is 0 Å². The summed E-state index contributed by atoms with van der Waals surface area (Å²) in [5, 5.41) is 7.05. The molecule has 36 heavy (non-hydrogen) atoms. The van der Waals surface area contributed by atoms with Crippen LogP contribution in [0, 0.1) is 0 Å². The quantitative estimate of drug-likeness (QED) is 0.338. The lowest BCUT2D eigenvalue weighted by atomic mass is 9.94. The number of carbonyl (C=O) groups is 2. The first-order valence-corrected chi connectivity index (χ1v) is 12.4. The van der Waals surface area contributed by atoms with Gasteiger partial charge in [-0.25, -0.2) is 4.79 Å². The number of carbonyl (C=O) groups excluding carboxylic acids is 2. The maximum absolute atomic E-state index is 13.6. The summed E-state index contributed by atoms with van der Waals surface area (Å²) in [5.41, 5.74) is 3.92. The SMILES string of the molecule is CC(NC(=O)C(C)(Cc1c[nH]c2ccccc12)OC(=O)NC1Cc2ccccc2C1)c1ccccc1. The van der Waals surface area contributed by atoms with Crippen LogP contribution in [0.3, 0.4) is 0 Å². The number of aromatic nitrogens is 1. The van der Waals surface area contributed by atoms with E-state index in [2.05, 4.69) is 27.8 Å². The fraction of sp³-hybridized carbons (Fsp3) is 0.267. The first kappa shape index (κ1) is 23.7. The molecular weight excluding hydrogens is 450 g/mol. The molecule has 3 N–H and O–H groups in total. The fourth-order valence-corrected chi connectivity index (χ4v) is 5.04. The summed E-state index contributed by atoms with van der Waals surface area (Å²) in [4.78, 5) is 30.0. The molecule has 0 aliphatic heterocycles. The number of fused-ring (bicyclic) bond motifs is 2. The van der Waals surface area contributed by atoms with Gasteiger partial charge in [-0.15, -0.1) is 0 Å². The summed E-state index contributed by atoms with van der Waals surface area (Å²) in [6, 6.07) is 25.5. The van der Waals surface area contributed by atoms with Gasteiger partial charge in [0.2, 0.25) is 0 Å². The summed E-state index contributed by atoms with van der Waals surface area (Å²) < 4.78 is 5.94. The van der Waals surface area contributed by atoms with Crippen molar-refractivity contribution in [2.24, 2.45) is 0 Å². The molecular formula is C30H31N3O3. The van der Waals surface area contributed by atoms with Crippen LogP contribution in [0.4, 0.5) is 4.79 Å². The van der Waals surface area contributed by atoms with Crippen LogP contribution in [-0.2, 0) is 28.8 Å². The number of rotatable bonds is 7. The third kappa shape index (κ3) is 4.98. The molecule has 1 heterocycles. The Morgan fingerprint density at radius 1 is 0.972 bits per heavy atom. The highest BCUT2D eigenvalue weighted by molar-refractivity contribution is 5.90. The molecule has 0 bridgehead atoms. The molecule has 1 aliphatic rings. The highest BCUT2D eigenvalue weighted by Crippen LogP contribution is 2.27. The molecule has 0 spiro atoms. The molecule has 3 aromatic carbocycles. The summed E-state index contributed by atoms with van der Waals surface area (Å²) in [6.45, 7) is 3.61. The van der Waals surface area contributed by atoms with Gasteiger partial charge in [0.25, 0.3) is 5.91 Å². The lowest BCUT2D eigenvalue weighted by Crippen LogP contribution is -2.52. The first-order valence-electron chi connectivity index (χ1n) is 12.4. The number of hydrogen-bond acceptors (Lipinski definition) is 3. The minimum Gasteiger partial charge on any atom is -0.433 e. The average Bonchev–Trinajstić information content (AvgIpc) is 3.47. The molecule has 5 rings (SSSR count). The number of ether oxygens (including phenoxy) is 1. The number of benzene rings is 3. The van der Waals surface area contributed by atoms with Crippen molar-refractivity contribution in [1.82, 2.24) is 15.6 Å². The third-order valence-electron chi connectivity index (χ3n) is 7.02. The van der Waals surface area contributed by atoms with Crippen LogP contribution in [0.5, 0.6) is 0 Å². The van der Waals surface area contributed by atoms with Gasteiger partial charge >= 0.3 is 6.09 Å². The van der Waals surface area contributed by atoms with Crippen LogP contribution in [0.1, 0.15) is 42.1 Å². The van der Waals surface area contributed by atoms with E-state index < -0.39 is 11.7 Å². The molecule has 6 heteroatoms. The number of para-hydroxylation sites is 1. The highest BCUT2D eigenvalue weighted by Gasteiger charge is 2.40. The van der Waals surface area contributed by atoms with E-state index in [-0.39, 0.29) is 24.4 Å². The summed E-state index contributed by atoms with van der Waals surface area (Å²) in [7, 11) is 0. The summed E-state index contributed by atoms with van der Waals surface area (Å²) >= 11 is 0. The largest absolute Gasteiger partial charge is 0.433 e. The van der Waals surface area contributed by atoms with E-state index in [9.17, 15) is 9.59 Å². The van der Waals surface area contributed by atoms with Crippen molar-refractivity contribution in [2.75, 3.05) is 0 Å². The second-order valence-corrected chi connectivity index (χ2v) is 9.78. The lowest BCUT2D eigenvalue weighted by Gasteiger charge is -2.30. The normalized spacial score (nSPS) is 15.6. The average molecular weight is 482 g/mol. The monoisotopic (exact) mass is 481 g/mol. The van der Waals surface area contributed by atoms with Gasteiger partial charge in [-0.1, -0.05) is 72.8 Å². The Morgan fingerprint density at radius 3 is 2.33 bits per heavy atom. The molecule has 0 fully saturated rings. The number of aromatic amines is 1. The second-order valence-electron chi connectivity index (χ2n) is 9.78. The van der Waals surface area contributed by atoms with Crippen molar-refractivity contribution in [3.05, 3.63) is 107 Å². The zero-order valence-electron chi connectivity index (χ0n) is 20.6. The van der Waals surface area contributed by atoms with Crippen molar-refractivity contribution in [2.45, 2.75) is 50.8 Å². The standard InChI is InChI=1S/C30H31N3O3/c1-20(21-10-4-3-5-11-21)32-28(34)30(2,18-24-19-31-27-15-9-8-14-26(24)27)36-29(35)33-25-16-22-12-6-7-13-23(22)17-25/h3-15,19-20,25,31H,16-18H2,1-2H3,(H,32,34)(H,33,35). The number of H-pyrrole nitrogens is 1. The molecule has 2 atom stereocenters. The number of hydrogen-bond donors (Lipinski definition) is 3. The van der Waals surface area contributed by atoms with Crippen LogP contribution in [0.2, 0.25) is 0 Å². The van der Waals surface area contributed by atoms with Crippen LogP contribution in [0.25, 0.3) is 10.9 Å². The summed E-state index contributed by atoms with van der Waals surface area (Å²) in [6.07, 6.45) is 3.04. The smallest absolute Gasteiger partial charge is 0.408 e. The third-order valence-corrected chi connectivity index (χ3v) is 7.02. The Hall–Kier alpha value is -4.06. The Balaban J connectivity index is 1.35. The second kappa shape index (κ2) is 9.90. The highest BCUT2D eigenvalue weighted by atomic mass is 16.6. The molecule has 6 nitrogen and oxygen atoms in total. The molecule has 2 unspecified atom stereocenters. The predicted molar refractivity (Wildman–Crippen MR) is 141 cm³/mol. The van der Waals surface area contributed by atoms with Crippen molar-refractivity contribution >= 4 is 22.9 Å². The molecule has 0 saturated carbocycles. The van der Waals surface area contributed by atoms with E-state index >= 15 is 0 Å². The van der Waals surface area contributed by atoms with E-state index in [1.165, 1.54) is 11.1 Å². The Kier molecular flexibility index (Phi) is 6.51. The summed E-state index contributed by atoms with van der Waals surface area (Å²) in [5.74, 6) is -0.339. The molecule has 0 radical (unpaired) electrons. The molecule has 184 valence electrons. The number of alkyl carbamates (subject to hydrolysis) is 1. The van der Waals surface area contributed by atoms with Crippen LogP contribution in [-0.4, -0.2) is 28.6 Å². The van der Waals surface area contributed by atoms with Gasteiger partial charge in [0, 0.05) is 29.6 Å². The first-order chi connectivity index (χ1) is 17.4. The van der Waals surface area contributed by atoms with Crippen LogP contribution >= 0.6 is 0 Å². The predicted octanol–water partition coefficient (Wildman–Crippen LogP) is 5.24. The lowest BCUT2D eigenvalue weighted by molar-refractivity contribution is -0.139. The van der Waals surface area contributed by atoms with Gasteiger partial charge < -0.3 is 20.4 Å². The minimum absolute atomic E-state index is 0.0569. The molecule has 0 saturated heterocycles. The Morgan fingerprint density at radius 2 is 1.61 bits per heavy atom. The number of amides is 2. The minimum atomic E-state index is -1.41. The van der Waals surface area contributed by atoms with E-state index in [1.54, 1.807) is 6.92 Å². The van der Waals surface area contributed by atoms with Gasteiger partial charge in [-0.05, 0) is 55.0 Å². The zero-order chi connectivity index (χ0) is 25.1. The Bertz CT molecular complexity index is 1360. The van der Waals surface area contributed by atoms with Crippen molar-refractivity contribution in [3.8, 4) is 0 Å². The van der Waals surface area contributed by atoms with Crippen molar-refractivity contribution in [3.63, 3.8) is 0 Å². The van der Waals surface area contributed by atoms with E-state index in [0.717, 1.165) is 34.9 Å². The fourth-order valence-electron chi connectivity index (χ4n) is 5.04. The maximum atomic E-state index is 13.6. The number of nitrogens with one attached hydrogen (secondary N) is 3. The van der Waals surface area contributed by atoms with Crippen LogP contribution in [0.15, 0.2) is 85.1 Å². The Labute approximate surface area is 211 Å². The van der Waals surface area contributed by atoms with Gasteiger partial charge in [0.1, 0.15) is 0 Å². The van der Waals surface area contributed by atoms with E-state index in [4.69, 9.17) is 4.74 Å². The van der Waals surface area contributed by atoms with E-state index in [0.29, 0.717) is 0 Å². The molecule has 1 aromatic heterocycles. The van der Waals surface area contributed by atoms with Gasteiger partial charge in [0.15, 0.2) is 5.60 Å². The van der Waals surface area contributed by atoms with Crippen molar-refractivity contribution < 1.29 is 14.3 Å². The van der Waals surface area contributed by atoms with Gasteiger partial charge in [0.05, 0.1) is 6.04 Å². The molecule has 2 amide bonds. The zero-order valence-corrected chi connectivity index (χ0v) is 20.6. The topological polar surface area (TPSA) is 83.2 Å². The van der Waals surface area contributed by atoms with Gasteiger partial charge in [-0.3, -0.25) is 4.79 Å². The molecule has 1 aliphatic carbocycles.